The molecule has 2 heterocycles. The number of hydrogen-bond donors (Lipinski definition) is 1. The first kappa shape index (κ1) is 22.9. The molecule has 0 unspecified atom stereocenters. The summed E-state index contributed by atoms with van der Waals surface area (Å²) >= 11 is 0. The Kier molecular flexibility index (Phi) is 6.38. The van der Waals surface area contributed by atoms with Crippen molar-refractivity contribution >= 4 is 17.5 Å². The van der Waals surface area contributed by atoms with Crippen LogP contribution in [-0.4, -0.2) is 42.2 Å². The zero-order chi connectivity index (χ0) is 24.3. The van der Waals surface area contributed by atoms with E-state index in [2.05, 4.69) is 6.58 Å². The van der Waals surface area contributed by atoms with Gasteiger partial charge in [-0.1, -0.05) is 54.6 Å². The average molecular weight is 469 g/mol. The average Bonchev–Trinajstić information content (AvgIpc) is 3.28. The van der Waals surface area contributed by atoms with Gasteiger partial charge >= 0.3 is 0 Å². The highest BCUT2D eigenvalue weighted by Crippen LogP contribution is 2.47. The van der Waals surface area contributed by atoms with Crippen LogP contribution in [0.25, 0.3) is 0 Å². The zero-order valence-electron chi connectivity index (χ0n) is 19.5. The number of carbonyl (C=O) groups is 1. The molecule has 2 atom stereocenters. The monoisotopic (exact) mass is 468 g/mol. The fourth-order valence-electron chi connectivity index (χ4n) is 4.76. The molecule has 0 radical (unpaired) electrons. The molecular weight excluding hydrogens is 440 g/mol. The molecule has 3 aromatic carbocycles. The Morgan fingerprint density at radius 1 is 1.09 bits per heavy atom. The third-order valence-electron chi connectivity index (χ3n) is 6.41. The van der Waals surface area contributed by atoms with E-state index in [4.69, 9.17) is 19.6 Å². The number of aliphatic hydroxyl groups excluding tert-OH is 1. The van der Waals surface area contributed by atoms with Crippen molar-refractivity contribution in [1.82, 2.24) is 0 Å². The van der Waals surface area contributed by atoms with Gasteiger partial charge in [0.2, 0.25) is 5.90 Å². The molecule has 3 aromatic rings. The number of ether oxygens (including phenoxy) is 2. The lowest BCUT2D eigenvalue weighted by atomic mass is 9.78. The maximum atomic E-state index is 14.1. The van der Waals surface area contributed by atoms with Gasteiger partial charge < -0.3 is 19.5 Å². The lowest BCUT2D eigenvalue weighted by molar-refractivity contribution is -0.126. The van der Waals surface area contributed by atoms with Crippen LogP contribution in [0.2, 0.25) is 0 Å². The zero-order valence-corrected chi connectivity index (χ0v) is 19.5. The SMILES string of the molecule is C=CCN1C(=O)[C@]2(Cc3ccccc31)N=C(c1ccc(OCCCO)cc1)O[C@@H]2c1ccccc1. The van der Waals surface area contributed by atoms with E-state index in [1.807, 2.05) is 78.9 Å². The summed E-state index contributed by atoms with van der Waals surface area (Å²) in [5.74, 6) is 1.05. The highest BCUT2D eigenvalue weighted by atomic mass is 16.5. The number of aliphatic imine (C=N–C) groups is 1. The number of para-hydroxylation sites is 1. The number of fused-ring (bicyclic) bond motifs is 1. The number of nitrogens with zero attached hydrogens (tertiary/aromatic N) is 2. The third-order valence-corrected chi connectivity index (χ3v) is 6.41. The normalized spacial score (nSPS) is 20.8. The summed E-state index contributed by atoms with van der Waals surface area (Å²) in [6.45, 7) is 4.79. The van der Waals surface area contributed by atoms with E-state index in [9.17, 15) is 4.79 Å². The number of anilines is 1. The molecule has 35 heavy (non-hydrogen) atoms. The number of aliphatic hydroxyl groups is 1. The third kappa shape index (κ3) is 4.21. The lowest BCUT2D eigenvalue weighted by Gasteiger charge is -2.40. The molecule has 6 heteroatoms. The molecule has 5 rings (SSSR count). The van der Waals surface area contributed by atoms with Gasteiger partial charge in [0.1, 0.15) is 5.75 Å². The van der Waals surface area contributed by atoms with E-state index in [1.54, 1.807) is 11.0 Å². The van der Waals surface area contributed by atoms with Gasteiger partial charge in [0.15, 0.2) is 11.6 Å². The Hall–Kier alpha value is -3.90. The van der Waals surface area contributed by atoms with Crippen molar-refractivity contribution in [2.24, 2.45) is 4.99 Å². The molecule has 2 aliphatic rings. The fraction of sp³-hybridized carbons (Fsp3) is 0.241. The minimum atomic E-state index is -1.12. The van der Waals surface area contributed by atoms with Crippen molar-refractivity contribution in [3.63, 3.8) is 0 Å². The molecule has 0 saturated carbocycles. The minimum Gasteiger partial charge on any atom is -0.494 e. The van der Waals surface area contributed by atoms with E-state index in [0.29, 0.717) is 37.6 Å². The lowest BCUT2D eigenvalue weighted by Crippen LogP contribution is -2.55. The standard InChI is InChI=1S/C29H28N2O4/c1-2-17-31-25-12-7-6-11-23(25)20-29(28(31)33)26(21-9-4-3-5-10-21)35-27(30-29)22-13-15-24(16-14-22)34-19-8-18-32/h2-7,9-16,26,32H,1,8,17-20H2/t26-,29-/m1/s1. The first-order valence-corrected chi connectivity index (χ1v) is 11.8. The van der Waals surface area contributed by atoms with Gasteiger partial charge in [0.05, 0.1) is 6.61 Å². The minimum absolute atomic E-state index is 0.0890. The number of carbonyl (C=O) groups excluding carboxylic acids is 1. The molecule has 6 nitrogen and oxygen atoms in total. The van der Waals surface area contributed by atoms with Crippen LogP contribution in [0.1, 0.15) is 29.2 Å². The van der Waals surface area contributed by atoms with Gasteiger partial charge in [-0.3, -0.25) is 4.79 Å². The number of rotatable bonds is 8. The molecular formula is C29H28N2O4. The second-order valence-electron chi connectivity index (χ2n) is 8.71. The van der Waals surface area contributed by atoms with Crippen molar-refractivity contribution in [2.75, 3.05) is 24.7 Å². The van der Waals surface area contributed by atoms with Crippen molar-refractivity contribution in [1.29, 1.82) is 0 Å². The summed E-state index contributed by atoms with van der Waals surface area (Å²) in [6.07, 6.45) is 2.19. The molecule has 1 spiro atoms. The van der Waals surface area contributed by atoms with E-state index >= 15 is 0 Å². The van der Waals surface area contributed by atoms with Gasteiger partial charge in [0.25, 0.3) is 5.91 Å². The molecule has 0 bridgehead atoms. The Labute approximate surface area is 205 Å². The molecule has 178 valence electrons. The molecule has 0 aromatic heterocycles. The quantitative estimate of drug-likeness (QED) is 0.391. The summed E-state index contributed by atoms with van der Waals surface area (Å²) in [5, 5.41) is 8.96. The summed E-state index contributed by atoms with van der Waals surface area (Å²) in [6, 6.07) is 25.2. The van der Waals surface area contributed by atoms with Crippen LogP contribution < -0.4 is 9.64 Å². The maximum Gasteiger partial charge on any atom is 0.259 e. The van der Waals surface area contributed by atoms with Crippen LogP contribution in [0.15, 0.2) is 96.5 Å². The predicted octanol–water partition coefficient (Wildman–Crippen LogP) is 4.48. The number of amides is 1. The molecule has 1 amide bonds. The first-order valence-electron chi connectivity index (χ1n) is 11.8. The van der Waals surface area contributed by atoms with Gasteiger partial charge in [-0.25, -0.2) is 4.99 Å². The number of hydrogen-bond acceptors (Lipinski definition) is 5. The van der Waals surface area contributed by atoms with Crippen molar-refractivity contribution in [3.8, 4) is 5.75 Å². The van der Waals surface area contributed by atoms with Crippen molar-refractivity contribution in [2.45, 2.75) is 24.5 Å². The number of benzene rings is 3. The summed E-state index contributed by atoms with van der Waals surface area (Å²) in [7, 11) is 0. The maximum absolute atomic E-state index is 14.1. The van der Waals surface area contributed by atoms with Crippen LogP contribution in [0, 0.1) is 0 Å². The highest BCUT2D eigenvalue weighted by Gasteiger charge is 2.57. The van der Waals surface area contributed by atoms with Crippen molar-refractivity contribution < 1.29 is 19.4 Å². The van der Waals surface area contributed by atoms with Crippen LogP contribution in [0.5, 0.6) is 5.75 Å². The van der Waals surface area contributed by atoms with Crippen LogP contribution in [0.4, 0.5) is 5.69 Å². The summed E-state index contributed by atoms with van der Waals surface area (Å²) < 4.78 is 12.1. The molecule has 0 aliphatic carbocycles. The van der Waals surface area contributed by atoms with Crippen LogP contribution in [0.3, 0.4) is 0 Å². The van der Waals surface area contributed by atoms with Crippen molar-refractivity contribution in [3.05, 3.63) is 108 Å². The first-order chi connectivity index (χ1) is 17.2. The second-order valence-corrected chi connectivity index (χ2v) is 8.71. The van der Waals surface area contributed by atoms with Gasteiger partial charge in [-0.05, 0) is 41.5 Å². The topological polar surface area (TPSA) is 71.4 Å². The van der Waals surface area contributed by atoms with Gasteiger partial charge in [-0.15, -0.1) is 6.58 Å². The molecule has 0 saturated heterocycles. The highest BCUT2D eigenvalue weighted by molar-refractivity contribution is 6.08. The van der Waals surface area contributed by atoms with Crippen LogP contribution in [-0.2, 0) is 16.0 Å². The molecule has 1 N–H and O–H groups in total. The Morgan fingerprint density at radius 3 is 2.57 bits per heavy atom. The molecule has 2 aliphatic heterocycles. The van der Waals surface area contributed by atoms with E-state index < -0.39 is 11.6 Å². The van der Waals surface area contributed by atoms with Gasteiger partial charge in [0, 0.05) is 37.2 Å². The Balaban J connectivity index is 1.56. The summed E-state index contributed by atoms with van der Waals surface area (Å²) in [4.78, 5) is 20.9. The fourth-order valence-corrected chi connectivity index (χ4v) is 4.76. The Morgan fingerprint density at radius 2 is 1.83 bits per heavy atom. The molecule has 0 fully saturated rings. The van der Waals surface area contributed by atoms with E-state index in [-0.39, 0.29) is 12.5 Å². The predicted molar refractivity (Wildman–Crippen MR) is 136 cm³/mol. The van der Waals surface area contributed by atoms with E-state index in [0.717, 1.165) is 22.4 Å². The second kappa shape index (κ2) is 9.76. The van der Waals surface area contributed by atoms with E-state index in [1.165, 1.54) is 0 Å². The van der Waals surface area contributed by atoms with Gasteiger partial charge in [-0.2, -0.15) is 0 Å². The summed E-state index contributed by atoms with van der Waals surface area (Å²) in [5.41, 5.74) is 2.50. The van der Waals surface area contributed by atoms with Crippen LogP contribution >= 0.6 is 0 Å². The Bertz CT molecular complexity index is 1240. The smallest absolute Gasteiger partial charge is 0.259 e. The largest absolute Gasteiger partial charge is 0.494 e.